The highest BCUT2D eigenvalue weighted by molar-refractivity contribution is 4.96. The minimum atomic E-state index is 0.882. The summed E-state index contributed by atoms with van der Waals surface area (Å²) < 4.78 is 0. The van der Waals surface area contributed by atoms with Gasteiger partial charge < -0.3 is 10.2 Å². The van der Waals surface area contributed by atoms with E-state index in [9.17, 15) is 0 Å². The Kier molecular flexibility index (Phi) is 3.72. The molecule has 2 heteroatoms. The first kappa shape index (κ1) is 12.0. The van der Waals surface area contributed by atoms with E-state index in [0.29, 0.717) is 0 Å². The predicted molar refractivity (Wildman–Crippen MR) is 72.1 cm³/mol. The van der Waals surface area contributed by atoms with Gasteiger partial charge in [-0.05, 0) is 63.3 Å². The highest BCUT2D eigenvalue weighted by atomic mass is 15.1. The maximum atomic E-state index is 3.84. The normalized spacial score (nSPS) is 25.6. The molecule has 17 heavy (non-hydrogen) atoms. The molecule has 0 aromatic heterocycles. The lowest BCUT2D eigenvalue weighted by atomic mass is 9.85. The molecule has 0 spiro atoms. The maximum Gasteiger partial charge on any atom is 0.0124 e. The van der Waals surface area contributed by atoms with Crippen LogP contribution in [-0.2, 0) is 0 Å². The van der Waals surface area contributed by atoms with Crippen molar-refractivity contribution in [1.29, 1.82) is 0 Å². The molecule has 3 fully saturated rings. The van der Waals surface area contributed by atoms with Crippen LogP contribution in [0, 0.1) is 17.8 Å². The Morgan fingerprint density at radius 2 is 1.71 bits per heavy atom. The number of rotatable bonds is 8. The highest BCUT2D eigenvalue weighted by Gasteiger charge is 2.40. The molecule has 0 atom stereocenters. The minimum absolute atomic E-state index is 0.882. The van der Waals surface area contributed by atoms with Gasteiger partial charge in [0, 0.05) is 25.7 Å². The molecule has 2 nitrogen and oxygen atoms in total. The van der Waals surface area contributed by atoms with Gasteiger partial charge >= 0.3 is 0 Å². The van der Waals surface area contributed by atoms with E-state index in [4.69, 9.17) is 0 Å². The summed E-state index contributed by atoms with van der Waals surface area (Å²) in [4.78, 5) is 2.54. The zero-order chi connectivity index (χ0) is 11.7. The van der Waals surface area contributed by atoms with Gasteiger partial charge in [0.05, 0.1) is 0 Å². The predicted octanol–water partition coefficient (Wildman–Crippen LogP) is 2.50. The fourth-order valence-electron chi connectivity index (χ4n) is 3.26. The van der Waals surface area contributed by atoms with Crippen molar-refractivity contribution >= 4 is 0 Å². The smallest absolute Gasteiger partial charge is 0.0124 e. The van der Waals surface area contributed by atoms with Gasteiger partial charge in [-0.25, -0.2) is 0 Å². The molecular formula is C15H28N2. The van der Waals surface area contributed by atoms with E-state index < -0.39 is 0 Å². The van der Waals surface area contributed by atoms with Gasteiger partial charge in [-0.3, -0.25) is 0 Å². The topological polar surface area (TPSA) is 15.3 Å². The Labute approximate surface area is 106 Å². The monoisotopic (exact) mass is 236 g/mol. The van der Waals surface area contributed by atoms with E-state index >= 15 is 0 Å². The van der Waals surface area contributed by atoms with Crippen LogP contribution in [0.4, 0.5) is 0 Å². The highest BCUT2D eigenvalue weighted by Crippen LogP contribution is 2.44. The molecule has 3 rings (SSSR count). The second-order valence-corrected chi connectivity index (χ2v) is 6.71. The Morgan fingerprint density at radius 3 is 2.18 bits per heavy atom. The van der Waals surface area contributed by atoms with Crippen molar-refractivity contribution in [1.82, 2.24) is 10.2 Å². The van der Waals surface area contributed by atoms with Crippen LogP contribution in [0.15, 0.2) is 0 Å². The van der Waals surface area contributed by atoms with Crippen LogP contribution in [0.5, 0.6) is 0 Å². The molecule has 0 bridgehead atoms. The van der Waals surface area contributed by atoms with Crippen LogP contribution in [0.25, 0.3) is 0 Å². The molecule has 3 aliphatic carbocycles. The number of hydrogen-bond acceptors (Lipinski definition) is 2. The van der Waals surface area contributed by atoms with Gasteiger partial charge in [0.2, 0.25) is 0 Å². The van der Waals surface area contributed by atoms with Crippen molar-refractivity contribution in [3.05, 3.63) is 0 Å². The lowest BCUT2D eigenvalue weighted by molar-refractivity contribution is 0.203. The first-order valence-corrected chi connectivity index (χ1v) is 7.75. The average Bonchev–Trinajstić information content (AvgIpc) is 3.11. The molecule has 0 radical (unpaired) electrons. The number of nitrogens with zero attached hydrogens (tertiary/aromatic N) is 1. The number of nitrogens with one attached hydrogen (secondary N) is 1. The van der Waals surface area contributed by atoms with Crippen LogP contribution in [0.3, 0.4) is 0 Å². The van der Waals surface area contributed by atoms with Crippen molar-refractivity contribution in [3.63, 3.8) is 0 Å². The third kappa shape index (κ3) is 3.45. The van der Waals surface area contributed by atoms with Gasteiger partial charge in [0.1, 0.15) is 0 Å². The summed E-state index contributed by atoms with van der Waals surface area (Å²) in [5.74, 6) is 3.10. The van der Waals surface area contributed by atoms with Gasteiger partial charge in [-0.2, -0.15) is 0 Å². The van der Waals surface area contributed by atoms with E-state index in [1.54, 1.807) is 0 Å². The van der Waals surface area contributed by atoms with Crippen molar-refractivity contribution in [2.75, 3.05) is 26.7 Å². The first-order chi connectivity index (χ1) is 8.33. The minimum Gasteiger partial charge on any atom is -0.312 e. The zero-order valence-electron chi connectivity index (χ0n) is 11.3. The van der Waals surface area contributed by atoms with E-state index in [-0.39, 0.29) is 0 Å². The van der Waals surface area contributed by atoms with Crippen LogP contribution in [0.1, 0.15) is 44.9 Å². The standard InChI is InChI=1S/C15H28N2/c1-17(11-12-3-2-4-12)10-9-16-15(13-5-6-13)14-7-8-14/h12-16H,2-11H2,1H3. The molecule has 98 valence electrons. The van der Waals surface area contributed by atoms with Gasteiger partial charge in [-0.15, -0.1) is 0 Å². The molecule has 0 aromatic carbocycles. The summed E-state index contributed by atoms with van der Waals surface area (Å²) in [5, 5.41) is 3.84. The van der Waals surface area contributed by atoms with Crippen LogP contribution >= 0.6 is 0 Å². The van der Waals surface area contributed by atoms with Crippen LogP contribution in [0.2, 0.25) is 0 Å². The van der Waals surface area contributed by atoms with Crippen molar-refractivity contribution in [3.8, 4) is 0 Å². The largest absolute Gasteiger partial charge is 0.312 e. The summed E-state index contributed by atoms with van der Waals surface area (Å²) in [5.41, 5.74) is 0. The van der Waals surface area contributed by atoms with Gasteiger partial charge in [0.25, 0.3) is 0 Å². The Balaban J connectivity index is 1.30. The Morgan fingerprint density at radius 1 is 1.06 bits per heavy atom. The van der Waals surface area contributed by atoms with E-state index in [2.05, 4.69) is 17.3 Å². The van der Waals surface area contributed by atoms with Crippen LogP contribution in [-0.4, -0.2) is 37.6 Å². The molecule has 0 aromatic rings. The second kappa shape index (κ2) is 5.27. The second-order valence-electron chi connectivity index (χ2n) is 6.71. The Hall–Kier alpha value is -0.0800. The maximum absolute atomic E-state index is 3.84. The lowest BCUT2D eigenvalue weighted by Crippen LogP contribution is -2.40. The van der Waals surface area contributed by atoms with E-state index in [1.165, 1.54) is 64.6 Å². The summed E-state index contributed by atoms with van der Waals surface area (Å²) in [6, 6.07) is 0.882. The SMILES string of the molecule is CN(CCNC(C1CC1)C1CC1)CC1CCC1. The summed E-state index contributed by atoms with van der Waals surface area (Å²) >= 11 is 0. The molecule has 0 aliphatic heterocycles. The van der Waals surface area contributed by atoms with Crippen molar-refractivity contribution in [2.45, 2.75) is 51.0 Å². The summed E-state index contributed by atoms with van der Waals surface area (Å²) in [6.07, 6.45) is 10.4. The molecule has 3 saturated carbocycles. The lowest BCUT2D eigenvalue weighted by Gasteiger charge is -2.30. The fraction of sp³-hybridized carbons (Fsp3) is 1.00. The summed E-state index contributed by atoms with van der Waals surface area (Å²) in [7, 11) is 2.29. The fourth-order valence-corrected chi connectivity index (χ4v) is 3.26. The molecule has 0 heterocycles. The first-order valence-electron chi connectivity index (χ1n) is 7.75. The van der Waals surface area contributed by atoms with E-state index in [1.807, 2.05) is 0 Å². The molecule has 1 N–H and O–H groups in total. The third-order valence-electron chi connectivity index (χ3n) is 4.93. The number of hydrogen-bond donors (Lipinski definition) is 1. The quantitative estimate of drug-likeness (QED) is 0.696. The third-order valence-corrected chi connectivity index (χ3v) is 4.93. The van der Waals surface area contributed by atoms with E-state index in [0.717, 1.165) is 23.8 Å². The molecule has 0 amide bonds. The van der Waals surface area contributed by atoms with Gasteiger partial charge in [-0.1, -0.05) is 6.42 Å². The summed E-state index contributed by atoms with van der Waals surface area (Å²) in [6.45, 7) is 3.78. The molecule has 3 aliphatic rings. The number of likely N-dealkylation sites (N-methyl/N-ethyl adjacent to an activating group) is 1. The molecule has 0 unspecified atom stereocenters. The average molecular weight is 236 g/mol. The Bertz CT molecular complexity index is 229. The van der Waals surface area contributed by atoms with Gasteiger partial charge in [0.15, 0.2) is 0 Å². The molecular weight excluding hydrogens is 208 g/mol. The van der Waals surface area contributed by atoms with Crippen molar-refractivity contribution < 1.29 is 0 Å². The van der Waals surface area contributed by atoms with Crippen LogP contribution < -0.4 is 5.32 Å². The van der Waals surface area contributed by atoms with Crippen molar-refractivity contribution in [2.24, 2.45) is 17.8 Å². The zero-order valence-corrected chi connectivity index (χ0v) is 11.3. The molecule has 0 saturated heterocycles.